The first-order valence-electron chi connectivity index (χ1n) is 9.82. The van der Waals surface area contributed by atoms with Crippen LogP contribution in [0.2, 0.25) is 0 Å². The van der Waals surface area contributed by atoms with Crippen LogP contribution in [0, 0.1) is 6.92 Å². The van der Waals surface area contributed by atoms with Gasteiger partial charge in [-0.3, -0.25) is 9.78 Å². The van der Waals surface area contributed by atoms with Gasteiger partial charge in [-0.2, -0.15) is 0 Å². The third-order valence-electron chi connectivity index (χ3n) is 5.59. The highest BCUT2D eigenvalue weighted by molar-refractivity contribution is 5.93. The number of hydrogen-bond donors (Lipinski definition) is 3. The molecule has 0 unspecified atom stereocenters. The monoisotopic (exact) mass is 411 g/mol. The Morgan fingerprint density at radius 1 is 1.17 bits per heavy atom. The molecule has 0 radical (unpaired) electrons. The summed E-state index contributed by atoms with van der Waals surface area (Å²) in [4.78, 5) is 31.5. The van der Waals surface area contributed by atoms with E-state index in [2.05, 4.69) is 25.3 Å². The lowest BCUT2D eigenvalue weighted by Crippen LogP contribution is -2.54. The lowest BCUT2D eigenvalue weighted by atomic mass is 9.85. The van der Waals surface area contributed by atoms with Gasteiger partial charge in [0, 0.05) is 20.3 Å². The summed E-state index contributed by atoms with van der Waals surface area (Å²) in [5.41, 5.74) is 2.29. The van der Waals surface area contributed by atoms with Crippen LogP contribution in [-0.2, 0) is 0 Å². The molecule has 0 aromatic carbocycles. The van der Waals surface area contributed by atoms with Gasteiger partial charge in [-0.25, -0.2) is 15.0 Å². The number of aliphatic hydroxyl groups is 2. The van der Waals surface area contributed by atoms with Crippen LogP contribution in [0.3, 0.4) is 0 Å². The molecule has 1 aliphatic carbocycles. The van der Waals surface area contributed by atoms with E-state index in [9.17, 15) is 15.0 Å². The second kappa shape index (κ2) is 7.96. The Labute approximate surface area is 173 Å². The highest BCUT2D eigenvalue weighted by Crippen LogP contribution is 2.32. The molecule has 3 heterocycles. The summed E-state index contributed by atoms with van der Waals surface area (Å²) in [5.74, 6) is 0.319. The number of amides is 1. The van der Waals surface area contributed by atoms with E-state index in [4.69, 9.17) is 0 Å². The van der Waals surface area contributed by atoms with Crippen LogP contribution < -0.4 is 10.2 Å². The van der Waals surface area contributed by atoms with Crippen LogP contribution in [0.4, 0.5) is 5.82 Å². The fourth-order valence-electron chi connectivity index (χ4n) is 3.99. The van der Waals surface area contributed by atoms with Crippen molar-refractivity contribution in [3.63, 3.8) is 0 Å². The number of carbonyl (C=O) groups excluding carboxylic acids is 1. The highest BCUT2D eigenvalue weighted by atomic mass is 16.3. The Bertz CT molecular complexity index is 1070. The molecular weight excluding hydrogens is 386 g/mol. The minimum Gasteiger partial charge on any atom is -0.388 e. The van der Waals surface area contributed by atoms with Crippen molar-refractivity contribution in [2.45, 2.75) is 44.1 Å². The maximum atomic E-state index is 12.6. The summed E-state index contributed by atoms with van der Waals surface area (Å²) < 4.78 is 1.78. The van der Waals surface area contributed by atoms with Crippen molar-refractivity contribution < 1.29 is 15.0 Å². The number of pyridine rings is 1. The van der Waals surface area contributed by atoms with Gasteiger partial charge in [0.1, 0.15) is 24.2 Å². The summed E-state index contributed by atoms with van der Waals surface area (Å²) >= 11 is 0. The normalized spacial score (nSPS) is 24.0. The maximum absolute atomic E-state index is 12.6. The molecule has 1 saturated carbocycles. The summed E-state index contributed by atoms with van der Waals surface area (Å²) in [6.45, 7) is 1.80. The number of carbonyl (C=O) groups is 1. The van der Waals surface area contributed by atoms with E-state index in [0.29, 0.717) is 35.5 Å². The van der Waals surface area contributed by atoms with Gasteiger partial charge in [0.15, 0.2) is 17.0 Å². The lowest BCUT2D eigenvalue weighted by molar-refractivity contribution is -0.0553. The maximum Gasteiger partial charge on any atom is 0.270 e. The largest absolute Gasteiger partial charge is 0.388 e. The molecule has 10 nitrogen and oxygen atoms in total. The molecule has 1 fully saturated rings. The first kappa shape index (κ1) is 20.2. The number of nitrogens with one attached hydrogen (secondary N) is 1. The molecule has 0 saturated heterocycles. The fraction of sp³-hybridized carbons (Fsp3) is 0.450. The molecule has 30 heavy (non-hydrogen) atoms. The molecule has 3 N–H and O–H groups in total. The van der Waals surface area contributed by atoms with Crippen LogP contribution in [0.15, 0.2) is 31.0 Å². The molecule has 0 aliphatic heterocycles. The number of fused-ring (bicyclic) bond motifs is 1. The quantitative estimate of drug-likeness (QED) is 0.564. The average molecular weight is 411 g/mol. The van der Waals surface area contributed by atoms with Gasteiger partial charge in [-0.1, -0.05) is 6.07 Å². The Balaban J connectivity index is 1.54. The molecule has 0 bridgehead atoms. The molecule has 1 aliphatic rings. The number of aryl methyl sites for hydroxylation is 1. The van der Waals surface area contributed by atoms with E-state index in [1.165, 1.54) is 6.33 Å². The Hall–Kier alpha value is -3.11. The SMILES string of the molecule is Cc1cccnc1C(=O)N[C@@H]1CC[C@@H](n2cnc3c(N(C)C)ncnc32)[C@H](O)[C@H]1O. The van der Waals surface area contributed by atoms with Gasteiger partial charge in [-0.15, -0.1) is 0 Å². The predicted octanol–water partition coefficient (Wildman–Crippen LogP) is 0.451. The van der Waals surface area contributed by atoms with Crippen molar-refractivity contribution in [3.8, 4) is 0 Å². The molecule has 4 atom stereocenters. The van der Waals surface area contributed by atoms with Crippen molar-refractivity contribution in [3.05, 3.63) is 42.2 Å². The summed E-state index contributed by atoms with van der Waals surface area (Å²) in [6.07, 6.45) is 3.43. The predicted molar refractivity (Wildman–Crippen MR) is 110 cm³/mol. The van der Waals surface area contributed by atoms with Crippen LogP contribution >= 0.6 is 0 Å². The number of imidazole rings is 1. The highest BCUT2D eigenvalue weighted by Gasteiger charge is 2.40. The van der Waals surface area contributed by atoms with Crippen LogP contribution in [0.25, 0.3) is 11.2 Å². The Kier molecular flexibility index (Phi) is 5.35. The van der Waals surface area contributed by atoms with E-state index in [0.717, 1.165) is 5.56 Å². The third kappa shape index (κ3) is 3.48. The molecule has 3 aromatic rings. The van der Waals surface area contributed by atoms with Gasteiger partial charge < -0.3 is 25.0 Å². The van der Waals surface area contributed by atoms with Gasteiger partial charge in [-0.05, 0) is 31.4 Å². The zero-order valence-electron chi connectivity index (χ0n) is 17.1. The van der Waals surface area contributed by atoms with E-state index < -0.39 is 24.3 Å². The zero-order chi connectivity index (χ0) is 21.4. The molecule has 10 heteroatoms. The first-order valence-corrected chi connectivity index (χ1v) is 9.82. The van der Waals surface area contributed by atoms with Crippen LogP contribution in [0.1, 0.15) is 34.9 Å². The second-order valence-corrected chi connectivity index (χ2v) is 7.79. The van der Waals surface area contributed by atoms with Gasteiger partial charge in [0.2, 0.25) is 0 Å². The van der Waals surface area contributed by atoms with Crippen molar-refractivity contribution in [2.24, 2.45) is 0 Å². The first-order chi connectivity index (χ1) is 14.4. The fourth-order valence-corrected chi connectivity index (χ4v) is 3.99. The number of aromatic nitrogens is 5. The lowest BCUT2D eigenvalue weighted by Gasteiger charge is -2.38. The zero-order valence-corrected chi connectivity index (χ0v) is 17.1. The molecule has 0 spiro atoms. The molecule has 3 aromatic heterocycles. The van der Waals surface area contributed by atoms with Crippen molar-refractivity contribution in [1.82, 2.24) is 29.8 Å². The average Bonchev–Trinajstić information content (AvgIpc) is 3.15. The van der Waals surface area contributed by atoms with Crippen molar-refractivity contribution in [1.29, 1.82) is 0 Å². The van der Waals surface area contributed by atoms with E-state index in [1.54, 1.807) is 36.1 Å². The van der Waals surface area contributed by atoms with Crippen LogP contribution in [0.5, 0.6) is 0 Å². The standard InChI is InChI=1S/C20H25N7O3/c1-11-5-4-8-21-14(11)20(30)25-12-6-7-13(17(29)16(12)28)27-10-24-15-18(26(2)3)22-9-23-19(15)27/h4-5,8-10,12-13,16-17,28-29H,6-7H2,1-3H3,(H,25,30)/t12-,13-,16+,17+/m1/s1. The molecule has 1 amide bonds. The molecule has 4 rings (SSSR count). The number of rotatable bonds is 4. The molecular formula is C20H25N7O3. The van der Waals surface area contributed by atoms with Gasteiger partial charge >= 0.3 is 0 Å². The van der Waals surface area contributed by atoms with Gasteiger partial charge in [0.05, 0.1) is 18.4 Å². The van der Waals surface area contributed by atoms with Crippen molar-refractivity contribution >= 4 is 22.9 Å². The number of nitrogens with zero attached hydrogens (tertiary/aromatic N) is 6. The summed E-state index contributed by atoms with van der Waals surface area (Å²) in [6, 6.07) is 2.57. The van der Waals surface area contributed by atoms with E-state index >= 15 is 0 Å². The number of hydrogen-bond acceptors (Lipinski definition) is 8. The van der Waals surface area contributed by atoms with Crippen molar-refractivity contribution in [2.75, 3.05) is 19.0 Å². The minimum atomic E-state index is -1.13. The smallest absolute Gasteiger partial charge is 0.270 e. The number of aliphatic hydroxyl groups excluding tert-OH is 2. The van der Waals surface area contributed by atoms with Crippen LogP contribution in [-0.4, -0.2) is 73.0 Å². The number of anilines is 1. The van der Waals surface area contributed by atoms with E-state index in [-0.39, 0.29) is 5.91 Å². The second-order valence-electron chi connectivity index (χ2n) is 7.79. The third-order valence-corrected chi connectivity index (χ3v) is 5.59. The Morgan fingerprint density at radius 2 is 1.97 bits per heavy atom. The topological polar surface area (TPSA) is 129 Å². The summed E-state index contributed by atoms with van der Waals surface area (Å²) in [7, 11) is 3.74. The van der Waals surface area contributed by atoms with Gasteiger partial charge in [0.25, 0.3) is 5.91 Å². The minimum absolute atomic E-state index is 0.315. The summed E-state index contributed by atoms with van der Waals surface area (Å²) in [5, 5.41) is 24.4. The molecule has 158 valence electrons. The van der Waals surface area contributed by atoms with E-state index in [1.807, 2.05) is 19.0 Å². The Morgan fingerprint density at radius 3 is 2.70 bits per heavy atom.